The molecule has 2 aliphatic rings. The first-order valence-corrected chi connectivity index (χ1v) is 7.07. The number of halogens is 1. The van der Waals surface area contributed by atoms with E-state index in [1.165, 1.54) is 0 Å². The second kappa shape index (κ2) is 4.76. The van der Waals surface area contributed by atoms with Crippen molar-refractivity contribution >= 4 is 5.69 Å². The molecule has 19 heavy (non-hydrogen) atoms. The number of hydrogen-bond acceptors (Lipinski definition) is 3. The van der Waals surface area contributed by atoms with Crippen LogP contribution in [-0.4, -0.2) is 43.7 Å². The average Bonchev–Trinajstić information content (AvgIpc) is 3.08. The number of piperazine rings is 1. The SMILES string of the molecule is CN1CCN(c2ccc(CC3(N)CC3)cc2F)CC1. The van der Waals surface area contributed by atoms with Crippen LogP contribution in [0.2, 0.25) is 0 Å². The molecule has 1 aliphatic heterocycles. The monoisotopic (exact) mass is 263 g/mol. The van der Waals surface area contributed by atoms with Crippen molar-refractivity contribution in [3.05, 3.63) is 29.6 Å². The van der Waals surface area contributed by atoms with E-state index >= 15 is 0 Å². The number of nitrogens with two attached hydrogens (primary N) is 1. The highest BCUT2D eigenvalue weighted by atomic mass is 19.1. The Bertz CT molecular complexity index is 462. The van der Waals surface area contributed by atoms with Crippen LogP contribution in [-0.2, 0) is 6.42 Å². The molecular weight excluding hydrogens is 241 g/mol. The fourth-order valence-corrected chi connectivity index (χ4v) is 2.71. The molecular formula is C15H22FN3. The lowest BCUT2D eigenvalue weighted by molar-refractivity contribution is 0.311. The third-order valence-corrected chi connectivity index (χ3v) is 4.30. The Kier molecular flexibility index (Phi) is 3.23. The summed E-state index contributed by atoms with van der Waals surface area (Å²) in [5, 5.41) is 0. The number of anilines is 1. The van der Waals surface area contributed by atoms with Crippen LogP contribution in [0.25, 0.3) is 0 Å². The minimum Gasteiger partial charge on any atom is -0.367 e. The molecule has 1 aliphatic carbocycles. The number of benzene rings is 1. The molecule has 2 N–H and O–H groups in total. The summed E-state index contributed by atoms with van der Waals surface area (Å²) in [5.41, 5.74) is 7.79. The summed E-state index contributed by atoms with van der Waals surface area (Å²) in [6, 6.07) is 5.62. The summed E-state index contributed by atoms with van der Waals surface area (Å²) in [7, 11) is 2.10. The van der Waals surface area contributed by atoms with Crippen molar-refractivity contribution in [2.24, 2.45) is 5.73 Å². The van der Waals surface area contributed by atoms with Gasteiger partial charge in [0.1, 0.15) is 5.82 Å². The number of likely N-dealkylation sites (N-methyl/N-ethyl adjacent to an activating group) is 1. The molecule has 1 aromatic carbocycles. The normalized spacial score (nSPS) is 22.6. The number of rotatable bonds is 3. The molecule has 1 aromatic rings. The van der Waals surface area contributed by atoms with Gasteiger partial charge in [0.15, 0.2) is 0 Å². The molecule has 0 unspecified atom stereocenters. The van der Waals surface area contributed by atoms with Crippen molar-refractivity contribution in [3.8, 4) is 0 Å². The van der Waals surface area contributed by atoms with E-state index in [4.69, 9.17) is 5.73 Å². The molecule has 2 fully saturated rings. The van der Waals surface area contributed by atoms with Crippen LogP contribution in [0.4, 0.5) is 10.1 Å². The zero-order valence-corrected chi connectivity index (χ0v) is 11.5. The zero-order valence-electron chi connectivity index (χ0n) is 11.5. The highest BCUT2D eigenvalue weighted by Crippen LogP contribution is 2.36. The molecule has 0 aromatic heterocycles. The van der Waals surface area contributed by atoms with Gasteiger partial charge >= 0.3 is 0 Å². The Morgan fingerprint density at radius 3 is 2.47 bits per heavy atom. The van der Waals surface area contributed by atoms with E-state index in [1.54, 1.807) is 6.07 Å². The standard InChI is InChI=1S/C15H22FN3/c1-18-6-8-19(9-7-18)14-3-2-12(10-13(14)16)11-15(17)4-5-15/h2-3,10H,4-9,11,17H2,1H3. The first-order chi connectivity index (χ1) is 9.06. The van der Waals surface area contributed by atoms with Gasteiger partial charge in [-0.15, -0.1) is 0 Å². The van der Waals surface area contributed by atoms with E-state index < -0.39 is 0 Å². The van der Waals surface area contributed by atoms with Crippen molar-refractivity contribution in [1.29, 1.82) is 0 Å². The van der Waals surface area contributed by atoms with Crippen molar-refractivity contribution < 1.29 is 4.39 Å². The quantitative estimate of drug-likeness (QED) is 0.899. The Labute approximate surface area is 114 Å². The third-order valence-electron chi connectivity index (χ3n) is 4.30. The average molecular weight is 263 g/mol. The third kappa shape index (κ3) is 2.90. The molecule has 1 saturated carbocycles. The van der Waals surface area contributed by atoms with Gasteiger partial charge in [0.2, 0.25) is 0 Å². The Morgan fingerprint density at radius 2 is 1.89 bits per heavy atom. The molecule has 0 amide bonds. The van der Waals surface area contributed by atoms with Crippen LogP contribution in [0.3, 0.4) is 0 Å². The van der Waals surface area contributed by atoms with Crippen LogP contribution in [0.5, 0.6) is 0 Å². The second-order valence-electron chi connectivity index (χ2n) is 6.12. The smallest absolute Gasteiger partial charge is 0.146 e. The summed E-state index contributed by atoms with van der Waals surface area (Å²) in [5.74, 6) is -0.105. The summed E-state index contributed by atoms with van der Waals surface area (Å²) in [4.78, 5) is 4.41. The summed E-state index contributed by atoms with van der Waals surface area (Å²) in [6.45, 7) is 3.78. The Hall–Kier alpha value is -1.13. The van der Waals surface area contributed by atoms with E-state index in [0.29, 0.717) is 0 Å². The molecule has 0 atom stereocenters. The number of nitrogens with zero attached hydrogens (tertiary/aromatic N) is 2. The maximum absolute atomic E-state index is 14.2. The second-order valence-corrected chi connectivity index (χ2v) is 6.12. The largest absolute Gasteiger partial charge is 0.367 e. The van der Waals surface area contributed by atoms with Gasteiger partial charge in [0.05, 0.1) is 5.69 Å². The fraction of sp³-hybridized carbons (Fsp3) is 0.600. The van der Waals surface area contributed by atoms with E-state index in [-0.39, 0.29) is 11.4 Å². The van der Waals surface area contributed by atoms with E-state index in [1.807, 2.05) is 12.1 Å². The molecule has 104 valence electrons. The Morgan fingerprint density at radius 1 is 1.21 bits per heavy atom. The maximum Gasteiger partial charge on any atom is 0.146 e. The van der Waals surface area contributed by atoms with Gasteiger partial charge in [-0.2, -0.15) is 0 Å². The first kappa shape index (κ1) is 12.9. The summed E-state index contributed by atoms with van der Waals surface area (Å²) in [6.07, 6.45) is 2.93. The minimum atomic E-state index is -0.105. The predicted octanol–water partition coefficient (Wildman–Crippen LogP) is 1.61. The van der Waals surface area contributed by atoms with Crippen LogP contribution < -0.4 is 10.6 Å². The van der Waals surface area contributed by atoms with Crippen LogP contribution >= 0.6 is 0 Å². The lowest BCUT2D eigenvalue weighted by Gasteiger charge is -2.34. The predicted molar refractivity (Wildman–Crippen MR) is 76.0 cm³/mol. The fourth-order valence-electron chi connectivity index (χ4n) is 2.71. The molecule has 1 saturated heterocycles. The highest BCUT2D eigenvalue weighted by molar-refractivity contribution is 5.50. The van der Waals surface area contributed by atoms with Gasteiger partial charge in [0, 0.05) is 31.7 Å². The lowest BCUT2D eigenvalue weighted by Crippen LogP contribution is -2.44. The van der Waals surface area contributed by atoms with Gasteiger partial charge in [-0.25, -0.2) is 4.39 Å². The van der Waals surface area contributed by atoms with Gasteiger partial charge in [-0.05, 0) is 44.0 Å². The van der Waals surface area contributed by atoms with Gasteiger partial charge in [-0.1, -0.05) is 6.07 Å². The molecule has 0 bridgehead atoms. The lowest BCUT2D eigenvalue weighted by atomic mass is 10.0. The van der Waals surface area contributed by atoms with Crippen LogP contribution in [0, 0.1) is 5.82 Å². The van der Waals surface area contributed by atoms with E-state index in [9.17, 15) is 4.39 Å². The maximum atomic E-state index is 14.2. The van der Waals surface area contributed by atoms with Gasteiger partial charge in [0.25, 0.3) is 0 Å². The van der Waals surface area contributed by atoms with E-state index in [0.717, 1.165) is 56.7 Å². The van der Waals surface area contributed by atoms with Crippen LogP contribution in [0.1, 0.15) is 18.4 Å². The molecule has 0 spiro atoms. The summed E-state index contributed by atoms with van der Waals surface area (Å²) >= 11 is 0. The van der Waals surface area contributed by atoms with Crippen LogP contribution in [0.15, 0.2) is 18.2 Å². The molecule has 4 heteroatoms. The van der Waals surface area contributed by atoms with Crippen molar-refractivity contribution in [3.63, 3.8) is 0 Å². The first-order valence-electron chi connectivity index (χ1n) is 7.07. The molecule has 3 nitrogen and oxygen atoms in total. The number of hydrogen-bond donors (Lipinski definition) is 1. The zero-order chi connectivity index (χ0) is 13.5. The Balaban J connectivity index is 1.72. The van der Waals surface area contributed by atoms with Gasteiger partial charge in [-0.3, -0.25) is 0 Å². The minimum absolute atomic E-state index is 0.0538. The van der Waals surface area contributed by atoms with Crippen molar-refractivity contribution in [1.82, 2.24) is 4.90 Å². The van der Waals surface area contributed by atoms with Crippen molar-refractivity contribution in [2.45, 2.75) is 24.8 Å². The molecule has 3 rings (SSSR count). The molecule has 1 heterocycles. The molecule has 0 radical (unpaired) electrons. The highest BCUT2D eigenvalue weighted by Gasteiger charge is 2.38. The summed E-state index contributed by atoms with van der Waals surface area (Å²) < 4.78 is 14.2. The van der Waals surface area contributed by atoms with Crippen molar-refractivity contribution in [2.75, 3.05) is 38.1 Å². The van der Waals surface area contributed by atoms with E-state index in [2.05, 4.69) is 16.8 Å². The topological polar surface area (TPSA) is 32.5 Å². The van der Waals surface area contributed by atoms with Gasteiger partial charge < -0.3 is 15.5 Å².